The van der Waals surface area contributed by atoms with E-state index in [-0.39, 0.29) is 5.92 Å². The molecule has 1 aliphatic heterocycles. The summed E-state index contributed by atoms with van der Waals surface area (Å²) in [4.78, 5) is 3.41. The third kappa shape index (κ3) is 3.20. The number of hydrogen-bond donors (Lipinski definition) is 0. The van der Waals surface area contributed by atoms with Gasteiger partial charge in [-0.05, 0) is 49.7 Å². The summed E-state index contributed by atoms with van der Waals surface area (Å²) in [6.45, 7) is 3.00. The van der Waals surface area contributed by atoms with E-state index in [2.05, 4.69) is 85.9 Å². The van der Waals surface area contributed by atoms with Crippen LogP contribution in [0, 0.1) is 6.92 Å². The lowest BCUT2D eigenvalue weighted by Gasteiger charge is -2.32. The average molecular weight is 362 g/mol. The normalized spacial score (nSPS) is 16.5. The number of nitrogens with zero attached hydrogens (tertiary/aromatic N) is 1. The predicted octanol–water partition coefficient (Wildman–Crippen LogP) is 5.55. The summed E-state index contributed by atoms with van der Waals surface area (Å²) in [5, 5.41) is 2.11. The summed E-state index contributed by atoms with van der Waals surface area (Å²) in [5.74, 6) is 2.18. The minimum Gasteiger partial charge on any atom is -0.456 e. The van der Waals surface area contributed by atoms with E-state index < -0.39 is 0 Å². The lowest BCUT2D eigenvalue weighted by Crippen LogP contribution is -2.25. The number of benzene rings is 2. The number of hydrogen-bond acceptors (Lipinski definition) is 3. The Morgan fingerprint density at radius 1 is 0.962 bits per heavy atom. The first-order valence-corrected chi connectivity index (χ1v) is 9.76. The van der Waals surface area contributed by atoms with Crippen LogP contribution in [0.1, 0.15) is 27.5 Å². The molecule has 4 rings (SSSR count). The fraction of sp³-hybridized carbons (Fsp3) is 0.217. The summed E-state index contributed by atoms with van der Waals surface area (Å²) in [5.41, 5.74) is 5.16. The summed E-state index contributed by atoms with van der Waals surface area (Å²) < 4.78 is 6.43. The summed E-state index contributed by atoms with van der Waals surface area (Å²) in [6, 6.07) is 21.6. The first-order valence-electron chi connectivity index (χ1n) is 8.88. The highest BCUT2D eigenvalue weighted by Crippen LogP contribution is 2.46. The minimum atomic E-state index is 0.208. The van der Waals surface area contributed by atoms with Gasteiger partial charge in [-0.3, -0.25) is 0 Å². The molecule has 0 aliphatic carbocycles. The van der Waals surface area contributed by atoms with Crippen LogP contribution in [0.4, 0.5) is 0 Å². The Morgan fingerprint density at radius 2 is 1.73 bits per heavy atom. The van der Waals surface area contributed by atoms with Crippen LogP contribution in [0.2, 0.25) is 0 Å². The van der Waals surface area contributed by atoms with Gasteiger partial charge in [0.1, 0.15) is 11.5 Å². The average Bonchev–Trinajstić information content (AvgIpc) is 3.16. The Labute approximate surface area is 159 Å². The standard InChI is InChI=1S/C23H23NOS/c1-16-10-12-17(13-11-16)22-18-7-4-5-8-20(18)25-23(19(22)15-24(2)3)21-9-6-14-26-21/h4-14,22H,15H2,1-3H3. The van der Waals surface area contributed by atoms with Crippen molar-refractivity contribution in [2.45, 2.75) is 12.8 Å². The fourth-order valence-electron chi connectivity index (χ4n) is 3.57. The second-order valence-electron chi connectivity index (χ2n) is 7.05. The van der Waals surface area contributed by atoms with E-state index in [0.29, 0.717) is 0 Å². The maximum Gasteiger partial charge on any atom is 0.146 e. The summed E-state index contributed by atoms with van der Waals surface area (Å²) in [6.07, 6.45) is 0. The molecule has 0 N–H and O–H groups in total. The van der Waals surface area contributed by atoms with E-state index in [0.717, 1.165) is 18.1 Å². The molecule has 2 aromatic carbocycles. The number of likely N-dealkylation sites (N-methyl/N-ethyl adjacent to an activating group) is 1. The van der Waals surface area contributed by atoms with Crippen molar-refractivity contribution < 1.29 is 4.74 Å². The third-order valence-electron chi connectivity index (χ3n) is 4.72. The molecule has 2 heterocycles. The van der Waals surface area contributed by atoms with Gasteiger partial charge < -0.3 is 9.64 Å². The van der Waals surface area contributed by atoms with Gasteiger partial charge in [-0.15, -0.1) is 11.3 Å². The molecule has 2 nitrogen and oxygen atoms in total. The fourth-order valence-corrected chi connectivity index (χ4v) is 4.31. The molecule has 26 heavy (non-hydrogen) atoms. The first-order chi connectivity index (χ1) is 12.6. The van der Waals surface area contributed by atoms with Crippen molar-refractivity contribution in [1.82, 2.24) is 4.90 Å². The van der Waals surface area contributed by atoms with Crippen LogP contribution < -0.4 is 4.74 Å². The second kappa shape index (κ2) is 7.10. The molecular weight excluding hydrogens is 338 g/mol. The minimum absolute atomic E-state index is 0.208. The van der Waals surface area contributed by atoms with Crippen LogP contribution in [0.15, 0.2) is 71.6 Å². The van der Waals surface area contributed by atoms with Gasteiger partial charge in [-0.25, -0.2) is 0 Å². The highest BCUT2D eigenvalue weighted by atomic mass is 32.1. The maximum absolute atomic E-state index is 6.43. The molecule has 1 atom stereocenters. The van der Waals surface area contributed by atoms with Gasteiger partial charge in [-0.1, -0.05) is 54.1 Å². The van der Waals surface area contributed by atoms with Crippen molar-refractivity contribution in [3.05, 3.63) is 93.2 Å². The molecule has 132 valence electrons. The Balaban J connectivity index is 1.94. The molecule has 0 saturated carbocycles. The lowest BCUT2D eigenvalue weighted by atomic mass is 9.81. The van der Waals surface area contributed by atoms with E-state index in [4.69, 9.17) is 4.74 Å². The van der Waals surface area contributed by atoms with Crippen LogP contribution in [0.5, 0.6) is 5.75 Å². The van der Waals surface area contributed by atoms with Gasteiger partial charge in [0.25, 0.3) is 0 Å². The van der Waals surface area contributed by atoms with E-state index in [1.165, 1.54) is 27.1 Å². The third-order valence-corrected chi connectivity index (χ3v) is 5.59. The van der Waals surface area contributed by atoms with Crippen molar-refractivity contribution in [2.75, 3.05) is 20.6 Å². The zero-order chi connectivity index (χ0) is 18.1. The number of aryl methyl sites for hydroxylation is 1. The topological polar surface area (TPSA) is 12.5 Å². The molecule has 0 radical (unpaired) electrons. The van der Waals surface area contributed by atoms with Gasteiger partial charge in [0.15, 0.2) is 0 Å². The van der Waals surface area contributed by atoms with E-state index in [9.17, 15) is 0 Å². The first kappa shape index (κ1) is 17.1. The molecule has 3 aromatic rings. The van der Waals surface area contributed by atoms with Gasteiger partial charge in [0.05, 0.1) is 4.88 Å². The Hall–Kier alpha value is -2.36. The largest absolute Gasteiger partial charge is 0.456 e. The van der Waals surface area contributed by atoms with Crippen molar-refractivity contribution in [2.24, 2.45) is 0 Å². The van der Waals surface area contributed by atoms with E-state index in [1.54, 1.807) is 11.3 Å². The number of para-hydroxylation sites is 1. The molecule has 0 saturated heterocycles. The van der Waals surface area contributed by atoms with Crippen molar-refractivity contribution in [3.8, 4) is 5.75 Å². The van der Waals surface area contributed by atoms with E-state index in [1.807, 2.05) is 6.07 Å². The molecule has 0 amide bonds. The van der Waals surface area contributed by atoms with Crippen LogP contribution >= 0.6 is 11.3 Å². The molecule has 0 fully saturated rings. The second-order valence-corrected chi connectivity index (χ2v) is 8.00. The SMILES string of the molecule is Cc1ccc(C2C(CN(C)C)=C(c3cccs3)Oc3ccccc32)cc1. The molecule has 0 spiro atoms. The highest BCUT2D eigenvalue weighted by Gasteiger charge is 2.32. The quantitative estimate of drug-likeness (QED) is 0.604. The predicted molar refractivity (Wildman–Crippen MR) is 110 cm³/mol. The highest BCUT2D eigenvalue weighted by molar-refractivity contribution is 7.11. The van der Waals surface area contributed by atoms with Crippen molar-refractivity contribution in [3.63, 3.8) is 0 Å². The van der Waals surface area contributed by atoms with Crippen molar-refractivity contribution in [1.29, 1.82) is 0 Å². The molecule has 1 aliphatic rings. The number of thiophene rings is 1. The van der Waals surface area contributed by atoms with Crippen LogP contribution in [0.25, 0.3) is 5.76 Å². The van der Waals surface area contributed by atoms with Crippen LogP contribution in [-0.2, 0) is 0 Å². The molecule has 1 aromatic heterocycles. The number of fused-ring (bicyclic) bond motifs is 1. The lowest BCUT2D eigenvalue weighted by molar-refractivity contribution is 0.415. The van der Waals surface area contributed by atoms with Crippen molar-refractivity contribution >= 4 is 17.1 Å². The van der Waals surface area contributed by atoms with Crippen LogP contribution in [0.3, 0.4) is 0 Å². The number of ether oxygens (including phenoxy) is 1. The van der Waals surface area contributed by atoms with Gasteiger partial charge in [0, 0.05) is 18.0 Å². The van der Waals surface area contributed by atoms with Gasteiger partial charge in [0.2, 0.25) is 0 Å². The zero-order valence-electron chi connectivity index (χ0n) is 15.4. The molecule has 0 bridgehead atoms. The smallest absolute Gasteiger partial charge is 0.146 e. The van der Waals surface area contributed by atoms with Gasteiger partial charge >= 0.3 is 0 Å². The summed E-state index contributed by atoms with van der Waals surface area (Å²) in [7, 11) is 4.23. The van der Waals surface area contributed by atoms with Crippen LogP contribution in [-0.4, -0.2) is 25.5 Å². The number of rotatable bonds is 4. The molecular formula is C23H23NOS. The zero-order valence-corrected chi connectivity index (χ0v) is 16.2. The molecule has 1 unspecified atom stereocenters. The van der Waals surface area contributed by atoms with E-state index >= 15 is 0 Å². The maximum atomic E-state index is 6.43. The molecule has 3 heteroatoms. The summed E-state index contributed by atoms with van der Waals surface area (Å²) >= 11 is 1.73. The Bertz CT molecular complexity index is 923. The monoisotopic (exact) mass is 361 g/mol. The van der Waals surface area contributed by atoms with Gasteiger partial charge in [-0.2, -0.15) is 0 Å². The Morgan fingerprint density at radius 3 is 2.42 bits per heavy atom. The Kier molecular flexibility index (Phi) is 4.66.